The van der Waals surface area contributed by atoms with Gasteiger partial charge in [0.1, 0.15) is 11.2 Å². The smallest absolute Gasteiger partial charge is 0.144 e. The van der Waals surface area contributed by atoms with Crippen LogP contribution < -0.4 is 0 Å². The third-order valence-corrected chi connectivity index (χ3v) is 13.2. The molecule has 0 unspecified atom stereocenters. The fraction of sp³-hybridized carbons (Fsp3) is 0.111. The summed E-state index contributed by atoms with van der Waals surface area (Å²) in [4.78, 5) is 0. The molecule has 10 aromatic rings. The topological polar surface area (TPSA) is 13.1 Å². The Balaban J connectivity index is 1.17. The second-order valence-corrected chi connectivity index (χ2v) is 16.7. The lowest BCUT2D eigenvalue weighted by atomic mass is 9.72. The van der Waals surface area contributed by atoms with Crippen molar-refractivity contribution in [3.8, 4) is 44.5 Å². The van der Waals surface area contributed by atoms with E-state index >= 15 is 0 Å². The Bertz CT molecular complexity index is 3250. The molecule has 0 amide bonds. The second kappa shape index (κ2) is 10.6. The van der Waals surface area contributed by atoms with Crippen LogP contribution in [0.4, 0.5) is 0 Å². The van der Waals surface area contributed by atoms with Gasteiger partial charge in [0.15, 0.2) is 0 Å². The van der Waals surface area contributed by atoms with Crippen LogP contribution in [0.3, 0.4) is 0 Å². The summed E-state index contributed by atoms with van der Waals surface area (Å²) in [6.07, 6.45) is 0. The Morgan fingerprint density at radius 3 is 1.65 bits per heavy atom. The minimum Gasteiger partial charge on any atom is -0.455 e. The van der Waals surface area contributed by atoms with Crippen molar-refractivity contribution in [3.63, 3.8) is 0 Å². The number of rotatable bonds is 2. The van der Waals surface area contributed by atoms with E-state index in [0.29, 0.717) is 0 Å². The van der Waals surface area contributed by atoms with Gasteiger partial charge in [0.2, 0.25) is 0 Å². The second-order valence-electron chi connectivity index (χ2n) is 16.7. The Hall–Kier alpha value is -6.44. The summed E-state index contributed by atoms with van der Waals surface area (Å²) < 4.78 is 6.97. The lowest BCUT2D eigenvalue weighted by Gasteiger charge is -2.31. The first-order chi connectivity index (χ1) is 26.8. The van der Waals surface area contributed by atoms with Crippen LogP contribution in [0.2, 0.25) is 0 Å². The van der Waals surface area contributed by atoms with Crippen molar-refractivity contribution >= 4 is 54.3 Å². The van der Waals surface area contributed by atoms with Crippen LogP contribution in [0.15, 0.2) is 162 Å². The van der Waals surface area contributed by atoms with Gasteiger partial charge < -0.3 is 4.42 Å². The molecule has 55 heavy (non-hydrogen) atoms. The van der Waals surface area contributed by atoms with Crippen LogP contribution in [-0.4, -0.2) is 0 Å². The van der Waals surface area contributed by atoms with E-state index in [-0.39, 0.29) is 10.8 Å². The average molecular weight is 703 g/mol. The molecule has 0 fully saturated rings. The van der Waals surface area contributed by atoms with Crippen molar-refractivity contribution in [3.05, 3.63) is 180 Å². The molecule has 0 bridgehead atoms. The highest BCUT2D eigenvalue weighted by molar-refractivity contribution is 6.24. The molecule has 0 saturated carbocycles. The first-order valence-corrected chi connectivity index (χ1v) is 19.5. The van der Waals surface area contributed by atoms with E-state index in [0.717, 1.165) is 11.2 Å². The van der Waals surface area contributed by atoms with Crippen LogP contribution >= 0.6 is 0 Å². The minimum absolute atomic E-state index is 0.172. The predicted molar refractivity (Wildman–Crippen MR) is 232 cm³/mol. The van der Waals surface area contributed by atoms with Gasteiger partial charge in [-0.3, -0.25) is 0 Å². The number of furan rings is 1. The van der Waals surface area contributed by atoms with E-state index < -0.39 is 0 Å². The first-order valence-electron chi connectivity index (χ1n) is 19.5. The van der Waals surface area contributed by atoms with Gasteiger partial charge in [0.05, 0.1) is 0 Å². The van der Waals surface area contributed by atoms with Gasteiger partial charge in [0.25, 0.3) is 0 Å². The molecule has 0 saturated heterocycles. The summed E-state index contributed by atoms with van der Waals surface area (Å²) in [7, 11) is 0. The quantitative estimate of drug-likeness (QED) is 0.163. The minimum atomic E-state index is -0.272. The largest absolute Gasteiger partial charge is 0.455 e. The normalized spacial score (nSPS) is 14.8. The SMILES string of the molecule is CC1(C)c2cc(-c3c4ccccc4c(-c4cccc5ccccc45)c4ccccc34)ccc2-c2c1c1c(c3c2oc2ccccc23)-c2ccccc2C1(C)C. The molecule has 260 valence electrons. The molecular formula is C54H38O. The molecule has 12 rings (SSSR count). The summed E-state index contributed by atoms with van der Waals surface area (Å²) >= 11 is 0. The van der Waals surface area contributed by atoms with Gasteiger partial charge in [-0.05, 0) is 106 Å². The summed E-state index contributed by atoms with van der Waals surface area (Å²) in [5, 5.41) is 10.1. The van der Waals surface area contributed by atoms with Crippen LogP contribution in [0.5, 0.6) is 0 Å². The molecule has 0 radical (unpaired) electrons. The summed E-state index contributed by atoms with van der Waals surface area (Å²) in [5.41, 5.74) is 17.4. The van der Waals surface area contributed by atoms with E-state index in [2.05, 4.69) is 185 Å². The highest BCUT2D eigenvalue weighted by Gasteiger charge is 2.48. The zero-order chi connectivity index (χ0) is 36.8. The molecule has 1 heterocycles. The van der Waals surface area contributed by atoms with Crippen molar-refractivity contribution in [1.29, 1.82) is 0 Å². The number of benzene rings is 9. The molecule has 9 aromatic carbocycles. The van der Waals surface area contributed by atoms with Crippen molar-refractivity contribution in [2.24, 2.45) is 0 Å². The first kappa shape index (κ1) is 31.0. The highest BCUT2D eigenvalue weighted by Crippen LogP contribution is 2.63. The Labute approximate surface area is 320 Å². The van der Waals surface area contributed by atoms with Gasteiger partial charge in [-0.15, -0.1) is 0 Å². The van der Waals surface area contributed by atoms with E-state index in [9.17, 15) is 0 Å². The van der Waals surface area contributed by atoms with Gasteiger partial charge in [-0.1, -0.05) is 173 Å². The maximum atomic E-state index is 6.97. The van der Waals surface area contributed by atoms with Crippen LogP contribution in [0, 0.1) is 0 Å². The van der Waals surface area contributed by atoms with Crippen molar-refractivity contribution in [2.75, 3.05) is 0 Å². The van der Waals surface area contributed by atoms with E-state index in [4.69, 9.17) is 4.42 Å². The lowest BCUT2D eigenvalue weighted by molar-refractivity contribution is 0.600. The molecule has 0 spiro atoms. The molecule has 1 aromatic heterocycles. The van der Waals surface area contributed by atoms with E-state index in [1.54, 1.807) is 0 Å². The molecule has 1 heteroatoms. The number of hydrogen-bond donors (Lipinski definition) is 0. The maximum absolute atomic E-state index is 6.97. The Morgan fingerprint density at radius 2 is 0.909 bits per heavy atom. The maximum Gasteiger partial charge on any atom is 0.144 e. The number of para-hydroxylation sites is 1. The van der Waals surface area contributed by atoms with Gasteiger partial charge in [-0.25, -0.2) is 0 Å². The summed E-state index contributed by atoms with van der Waals surface area (Å²) in [6.45, 7) is 9.73. The third-order valence-electron chi connectivity index (χ3n) is 13.2. The lowest BCUT2D eigenvalue weighted by Crippen LogP contribution is -2.24. The molecule has 2 aliphatic rings. The van der Waals surface area contributed by atoms with Crippen molar-refractivity contribution in [2.45, 2.75) is 38.5 Å². The molecule has 0 aliphatic heterocycles. The van der Waals surface area contributed by atoms with Crippen LogP contribution in [-0.2, 0) is 10.8 Å². The van der Waals surface area contributed by atoms with Gasteiger partial charge in [-0.2, -0.15) is 0 Å². The highest BCUT2D eigenvalue weighted by atomic mass is 16.3. The number of fused-ring (bicyclic) bond motifs is 15. The summed E-state index contributed by atoms with van der Waals surface area (Å²) in [5.74, 6) is 0. The molecule has 1 nitrogen and oxygen atoms in total. The van der Waals surface area contributed by atoms with E-state index in [1.807, 2.05) is 0 Å². The van der Waals surface area contributed by atoms with Gasteiger partial charge >= 0.3 is 0 Å². The fourth-order valence-electron chi connectivity index (χ4n) is 10.9. The zero-order valence-corrected chi connectivity index (χ0v) is 31.4. The zero-order valence-electron chi connectivity index (χ0n) is 31.4. The fourth-order valence-corrected chi connectivity index (χ4v) is 10.9. The van der Waals surface area contributed by atoms with Crippen LogP contribution in [0.1, 0.15) is 49.9 Å². The Morgan fingerprint density at radius 1 is 0.382 bits per heavy atom. The third kappa shape index (κ3) is 3.88. The molecule has 0 atom stereocenters. The predicted octanol–water partition coefficient (Wildman–Crippen LogP) is 15.0. The average Bonchev–Trinajstić information content (AvgIpc) is 3.79. The standard InChI is InChI=1S/C54H38O/c1-53(2)42-26-13-11-23-39(42)47-48-41-24-12-14-27-44(41)55-52(48)49-40-29-28-32(30-43(40)54(3,4)51(49)50(47)53)45-35-19-7-9-21-37(35)46(38-22-10-8-20-36(38)45)34-25-15-17-31-16-5-6-18-33(31)34/h5-30H,1-4H3. The molecule has 2 aliphatic carbocycles. The van der Waals surface area contributed by atoms with Crippen molar-refractivity contribution in [1.82, 2.24) is 0 Å². The monoisotopic (exact) mass is 702 g/mol. The van der Waals surface area contributed by atoms with E-state index in [1.165, 1.54) is 110 Å². The Kier molecular flexibility index (Phi) is 5.98. The van der Waals surface area contributed by atoms with Crippen molar-refractivity contribution < 1.29 is 4.42 Å². The molecule has 0 N–H and O–H groups in total. The van der Waals surface area contributed by atoms with Crippen LogP contribution in [0.25, 0.3) is 98.8 Å². The summed E-state index contributed by atoms with van der Waals surface area (Å²) in [6, 6.07) is 58.5. The van der Waals surface area contributed by atoms with Gasteiger partial charge in [0, 0.05) is 27.2 Å². The number of hydrogen-bond acceptors (Lipinski definition) is 1. The molecular weight excluding hydrogens is 665 g/mol.